The van der Waals surface area contributed by atoms with Gasteiger partial charge < -0.3 is 5.32 Å². The first-order valence-corrected chi connectivity index (χ1v) is 12.9. The molecule has 180 valence electrons. The first kappa shape index (κ1) is 22.5. The van der Waals surface area contributed by atoms with Crippen LogP contribution in [0, 0.1) is 13.8 Å². The highest BCUT2D eigenvalue weighted by molar-refractivity contribution is 8.00. The fraction of sp³-hybridized carbons (Fsp3) is 0.214. The second kappa shape index (κ2) is 8.95. The van der Waals surface area contributed by atoms with Crippen molar-refractivity contribution >= 4 is 34.3 Å². The number of fused-ring (bicyclic) bond motifs is 3. The predicted molar refractivity (Wildman–Crippen MR) is 142 cm³/mol. The van der Waals surface area contributed by atoms with Crippen LogP contribution in [0.2, 0.25) is 0 Å². The summed E-state index contributed by atoms with van der Waals surface area (Å²) in [5, 5.41) is 12.7. The number of hydrogen-bond acceptors (Lipinski definition) is 5. The second-order valence-corrected chi connectivity index (χ2v) is 10.3. The van der Waals surface area contributed by atoms with Crippen LogP contribution in [0.1, 0.15) is 34.8 Å². The van der Waals surface area contributed by atoms with E-state index in [2.05, 4.69) is 15.5 Å². The van der Waals surface area contributed by atoms with Gasteiger partial charge in [0, 0.05) is 6.04 Å². The molecule has 6 rings (SSSR count). The zero-order chi connectivity index (χ0) is 24.8. The third-order valence-corrected chi connectivity index (χ3v) is 7.68. The van der Waals surface area contributed by atoms with E-state index in [1.54, 1.807) is 4.57 Å². The van der Waals surface area contributed by atoms with E-state index in [0.29, 0.717) is 21.8 Å². The SMILES string of the molecule is Cc1ccc(C)c(-n2c(=O)c3ccccc3n3c(SC(C(=O)NC4CC4)c4ccccc4)nnc23)c1. The van der Waals surface area contributed by atoms with Gasteiger partial charge in [-0.3, -0.25) is 14.0 Å². The number of nitrogens with zero attached hydrogens (tertiary/aromatic N) is 4. The number of aryl methyl sites for hydroxylation is 2. The van der Waals surface area contributed by atoms with E-state index in [-0.39, 0.29) is 17.5 Å². The molecule has 3 aromatic carbocycles. The topological polar surface area (TPSA) is 81.3 Å². The number of carbonyl (C=O) groups excluding carboxylic acids is 1. The van der Waals surface area contributed by atoms with Gasteiger partial charge in [0.25, 0.3) is 5.56 Å². The fourth-order valence-corrected chi connectivity index (χ4v) is 5.50. The lowest BCUT2D eigenvalue weighted by molar-refractivity contribution is -0.120. The molecule has 2 aromatic heterocycles. The van der Waals surface area contributed by atoms with Crippen LogP contribution < -0.4 is 10.9 Å². The van der Waals surface area contributed by atoms with Crippen molar-refractivity contribution in [1.29, 1.82) is 0 Å². The van der Waals surface area contributed by atoms with Crippen LogP contribution in [-0.4, -0.2) is 31.1 Å². The van der Waals surface area contributed by atoms with Gasteiger partial charge in [-0.1, -0.05) is 66.4 Å². The molecule has 1 fully saturated rings. The lowest BCUT2D eigenvalue weighted by Crippen LogP contribution is -2.30. The minimum absolute atomic E-state index is 0.0439. The maximum Gasteiger partial charge on any atom is 0.267 e. The van der Waals surface area contributed by atoms with E-state index >= 15 is 0 Å². The number of carbonyl (C=O) groups is 1. The van der Waals surface area contributed by atoms with Crippen LogP contribution in [0.3, 0.4) is 0 Å². The largest absolute Gasteiger partial charge is 0.352 e. The second-order valence-electron chi connectivity index (χ2n) is 9.26. The molecule has 1 N–H and O–H groups in total. The van der Waals surface area contributed by atoms with Gasteiger partial charge in [-0.05, 0) is 61.6 Å². The average Bonchev–Trinajstić information content (AvgIpc) is 3.61. The highest BCUT2D eigenvalue weighted by Crippen LogP contribution is 2.36. The molecule has 1 aliphatic rings. The van der Waals surface area contributed by atoms with Crippen LogP contribution in [0.5, 0.6) is 0 Å². The Morgan fingerprint density at radius 1 is 1.00 bits per heavy atom. The van der Waals surface area contributed by atoms with E-state index < -0.39 is 5.25 Å². The van der Waals surface area contributed by atoms with Crippen molar-refractivity contribution in [3.63, 3.8) is 0 Å². The van der Waals surface area contributed by atoms with E-state index in [9.17, 15) is 9.59 Å². The molecule has 0 bridgehead atoms. The predicted octanol–water partition coefficient (Wildman–Crippen LogP) is 4.76. The van der Waals surface area contributed by atoms with Crippen LogP contribution in [0.25, 0.3) is 22.4 Å². The zero-order valence-corrected chi connectivity index (χ0v) is 20.8. The third kappa shape index (κ3) is 3.97. The summed E-state index contributed by atoms with van der Waals surface area (Å²) in [7, 11) is 0. The summed E-state index contributed by atoms with van der Waals surface area (Å²) in [6, 6.07) is 23.4. The highest BCUT2D eigenvalue weighted by Gasteiger charge is 2.31. The molecule has 8 heteroatoms. The number of rotatable bonds is 6. The number of aromatic nitrogens is 4. The van der Waals surface area contributed by atoms with Crippen molar-refractivity contribution in [3.8, 4) is 5.69 Å². The summed E-state index contributed by atoms with van der Waals surface area (Å²) in [5.41, 5.74) is 4.23. The molecule has 1 aliphatic carbocycles. The maximum atomic E-state index is 13.7. The minimum Gasteiger partial charge on any atom is -0.352 e. The Balaban J connectivity index is 1.56. The molecule has 1 atom stereocenters. The van der Waals surface area contributed by atoms with Gasteiger partial charge in [0.05, 0.1) is 16.6 Å². The lowest BCUT2D eigenvalue weighted by Gasteiger charge is -2.17. The Hall–Kier alpha value is -3.91. The molecule has 1 saturated carbocycles. The number of amides is 1. The molecule has 0 radical (unpaired) electrons. The Kier molecular flexibility index (Phi) is 5.60. The zero-order valence-electron chi connectivity index (χ0n) is 20.0. The van der Waals surface area contributed by atoms with Crippen molar-refractivity contribution in [1.82, 2.24) is 24.5 Å². The number of thioether (sulfide) groups is 1. The monoisotopic (exact) mass is 495 g/mol. The van der Waals surface area contributed by atoms with Crippen molar-refractivity contribution in [2.45, 2.75) is 43.1 Å². The van der Waals surface area contributed by atoms with Crippen LogP contribution in [0.15, 0.2) is 82.7 Å². The molecule has 0 spiro atoms. The van der Waals surface area contributed by atoms with Gasteiger partial charge in [0.1, 0.15) is 5.25 Å². The summed E-state index contributed by atoms with van der Waals surface area (Å²) < 4.78 is 3.52. The van der Waals surface area contributed by atoms with Crippen molar-refractivity contribution in [3.05, 3.63) is 99.8 Å². The van der Waals surface area contributed by atoms with Gasteiger partial charge in [-0.15, -0.1) is 10.2 Å². The number of para-hydroxylation sites is 1. The Bertz CT molecular complexity index is 1670. The van der Waals surface area contributed by atoms with Gasteiger partial charge in [0.2, 0.25) is 11.7 Å². The summed E-state index contributed by atoms with van der Waals surface area (Å²) >= 11 is 1.35. The smallest absolute Gasteiger partial charge is 0.267 e. The van der Waals surface area contributed by atoms with Crippen molar-refractivity contribution in [2.75, 3.05) is 0 Å². The summed E-state index contributed by atoms with van der Waals surface area (Å²) in [6.07, 6.45) is 2.02. The van der Waals surface area contributed by atoms with E-state index in [4.69, 9.17) is 0 Å². The number of benzene rings is 3. The van der Waals surface area contributed by atoms with E-state index in [0.717, 1.165) is 35.2 Å². The molecular weight excluding hydrogens is 470 g/mol. The molecule has 1 amide bonds. The summed E-state index contributed by atoms with van der Waals surface area (Å²) in [5.74, 6) is 0.377. The summed E-state index contributed by atoms with van der Waals surface area (Å²) in [6.45, 7) is 3.98. The Labute approximate surface area is 212 Å². The molecule has 36 heavy (non-hydrogen) atoms. The quantitative estimate of drug-likeness (QED) is 0.344. The molecular formula is C28H25N5O2S. The van der Waals surface area contributed by atoms with Crippen LogP contribution in [0.4, 0.5) is 0 Å². The maximum absolute atomic E-state index is 13.7. The van der Waals surface area contributed by atoms with Crippen LogP contribution >= 0.6 is 11.8 Å². The first-order valence-electron chi connectivity index (χ1n) is 12.0. The van der Waals surface area contributed by atoms with Gasteiger partial charge in [-0.25, -0.2) is 4.57 Å². The normalized spacial score (nSPS) is 14.3. The fourth-order valence-electron chi connectivity index (χ4n) is 4.44. The first-order chi connectivity index (χ1) is 17.5. The van der Waals surface area contributed by atoms with Gasteiger partial charge in [0.15, 0.2) is 5.16 Å². The standard InChI is InChI=1S/C28H25N5O2S/c1-17-12-13-18(2)23(16-17)32-26(35)21-10-6-7-11-22(21)33-27(32)30-31-28(33)36-24(19-8-4-3-5-9-19)25(34)29-20-14-15-20/h3-13,16,20,24H,14-15H2,1-2H3,(H,29,34). The van der Waals surface area contributed by atoms with Gasteiger partial charge in [-0.2, -0.15) is 0 Å². The van der Waals surface area contributed by atoms with Crippen molar-refractivity contribution in [2.24, 2.45) is 0 Å². The minimum atomic E-state index is -0.501. The van der Waals surface area contributed by atoms with Crippen LogP contribution in [-0.2, 0) is 4.79 Å². The Morgan fingerprint density at radius 3 is 2.53 bits per heavy atom. The van der Waals surface area contributed by atoms with Gasteiger partial charge >= 0.3 is 0 Å². The third-order valence-electron chi connectivity index (χ3n) is 6.49. The molecule has 0 aliphatic heterocycles. The molecule has 0 saturated heterocycles. The Morgan fingerprint density at radius 2 is 1.75 bits per heavy atom. The molecule has 7 nitrogen and oxygen atoms in total. The molecule has 1 unspecified atom stereocenters. The van der Waals surface area contributed by atoms with Crippen molar-refractivity contribution < 1.29 is 4.79 Å². The average molecular weight is 496 g/mol. The highest BCUT2D eigenvalue weighted by atomic mass is 32.2. The number of hydrogen-bond donors (Lipinski definition) is 1. The lowest BCUT2D eigenvalue weighted by atomic mass is 10.1. The molecule has 2 heterocycles. The van der Waals surface area contributed by atoms with E-state index in [1.165, 1.54) is 11.8 Å². The number of nitrogens with one attached hydrogen (secondary N) is 1. The van der Waals surface area contributed by atoms with E-state index in [1.807, 2.05) is 91.0 Å². The summed E-state index contributed by atoms with van der Waals surface area (Å²) in [4.78, 5) is 27.0. The molecule has 5 aromatic rings.